The van der Waals surface area contributed by atoms with Gasteiger partial charge in [0.05, 0.1) is 11.9 Å². The Morgan fingerprint density at radius 3 is 2.30 bits per heavy atom. The molecule has 1 fully saturated rings. The van der Waals surface area contributed by atoms with E-state index in [2.05, 4.69) is 68.3 Å². The molecule has 33 heavy (non-hydrogen) atoms. The number of anilines is 2. The van der Waals surface area contributed by atoms with Crippen molar-refractivity contribution in [1.29, 1.82) is 0 Å². The Morgan fingerprint density at radius 2 is 1.55 bits per heavy atom. The largest absolute Gasteiger partial charge is 0.367 e. The van der Waals surface area contributed by atoms with Crippen molar-refractivity contribution in [1.82, 2.24) is 14.5 Å². The molecule has 0 radical (unpaired) electrons. The third-order valence-corrected chi connectivity index (χ3v) is 6.05. The van der Waals surface area contributed by atoms with Gasteiger partial charge in [-0.3, -0.25) is 14.3 Å². The van der Waals surface area contributed by atoms with Crippen LogP contribution in [0.2, 0.25) is 0 Å². The average molecular weight is 442 g/mol. The number of hydrogen-bond donors (Lipinski definition) is 0. The van der Waals surface area contributed by atoms with Gasteiger partial charge in [0.1, 0.15) is 0 Å². The molecule has 0 aliphatic carbocycles. The number of halogens is 1. The zero-order chi connectivity index (χ0) is 22.8. The first kappa shape index (κ1) is 20.9. The first-order valence-corrected chi connectivity index (χ1v) is 10.9. The highest BCUT2D eigenvalue weighted by Crippen LogP contribution is 2.31. The summed E-state index contributed by atoms with van der Waals surface area (Å²) in [5, 5.41) is 0. The predicted molar refractivity (Wildman–Crippen MR) is 129 cm³/mol. The third-order valence-electron chi connectivity index (χ3n) is 6.05. The fourth-order valence-corrected chi connectivity index (χ4v) is 4.29. The van der Waals surface area contributed by atoms with Crippen molar-refractivity contribution in [3.8, 4) is 22.4 Å². The number of piperazine rings is 1. The van der Waals surface area contributed by atoms with E-state index in [1.54, 1.807) is 13.1 Å². The topological polar surface area (TPSA) is 54.3 Å². The van der Waals surface area contributed by atoms with Crippen LogP contribution in [0.4, 0.5) is 16.0 Å². The summed E-state index contributed by atoms with van der Waals surface area (Å²) in [6.45, 7) is 2.97. The number of pyridine rings is 1. The van der Waals surface area contributed by atoms with Crippen molar-refractivity contribution in [2.45, 2.75) is 0 Å². The first-order chi connectivity index (χ1) is 16.1. The molecule has 6 nitrogen and oxygen atoms in total. The van der Waals surface area contributed by atoms with E-state index in [4.69, 9.17) is 0 Å². The maximum Gasteiger partial charge on any atom is 0.255 e. The van der Waals surface area contributed by atoms with E-state index in [9.17, 15) is 9.18 Å². The molecule has 2 aromatic heterocycles. The number of rotatable bonds is 4. The van der Waals surface area contributed by atoms with E-state index in [1.807, 2.05) is 6.07 Å². The quantitative estimate of drug-likeness (QED) is 0.480. The van der Waals surface area contributed by atoms with Gasteiger partial charge in [-0.1, -0.05) is 48.5 Å². The standard InChI is InChI=1S/C26H24FN5O/c1-30-25(33)17-23(21-11-12-28-18-22(21)27)29-26(30)32-15-13-31(14-16-32)24-10-6-5-9-20(24)19-7-3-2-4-8-19/h2-12,17-18H,13-16H2,1H3. The number of hydrogen-bond acceptors (Lipinski definition) is 5. The lowest BCUT2D eigenvalue weighted by Gasteiger charge is -2.38. The molecule has 1 aliphatic heterocycles. The van der Waals surface area contributed by atoms with Gasteiger partial charge in [-0.15, -0.1) is 0 Å². The van der Waals surface area contributed by atoms with Gasteiger partial charge in [-0.25, -0.2) is 9.37 Å². The van der Waals surface area contributed by atoms with Gasteiger partial charge in [0.15, 0.2) is 5.82 Å². The van der Waals surface area contributed by atoms with Crippen molar-refractivity contribution in [2.24, 2.45) is 7.05 Å². The molecule has 5 rings (SSSR count). The van der Waals surface area contributed by atoms with Crippen molar-refractivity contribution in [3.63, 3.8) is 0 Å². The van der Waals surface area contributed by atoms with Crippen molar-refractivity contribution in [2.75, 3.05) is 36.0 Å². The molecular weight excluding hydrogens is 417 g/mol. The number of benzene rings is 2. The Balaban J connectivity index is 1.41. The zero-order valence-corrected chi connectivity index (χ0v) is 18.4. The molecule has 3 heterocycles. The Kier molecular flexibility index (Phi) is 5.60. The fourth-order valence-electron chi connectivity index (χ4n) is 4.29. The van der Waals surface area contributed by atoms with Crippen LogP contribution in [0.3, 0.4) is 0 Å². The van der Waals surface area contributed by atoms with Gasteiger partial charge >= 0.3 is 0 Å². The van der Waals surface area contributed by atoms with Crippen LogP contribution >= 0.6 is 0 Å². The van der Waals surface area contributed by atoms with Crippen LogP contribution in [0.5, 0.6) is 0 Å². The molecule has 7 heteroatoms. The van der Waals surface area contributed by atoms with Crippen LogP contribution < -0.4 is 15.4 Å². The van der Waals surface area contributed by atoms with E-state index < -0.39 is 5.82 Å². The Morgan fingerprint density at radius 1 is 0.848 bits per heavy atom. The number of aromatic nitrogens is 3. The molecule has 1 aliphatic rings. The second-order valence-corrected chi connectivity index (χ2v) is 8.05. The highest BCUT2D eigenvalue weighted by atomic mass is 19.1. The van der Waals surface area contributed by atoms with Crippen LogP contribution in [-0.4, -0.2) is 40.7 Å². The molecule has 166 valence electrons. The monoisotopic (exact) mass is 441 g/mol. The van der Waals surface area contributed by atoms with Gasteiger partial charge in [-0.2, -0.15) is 0 Å². The lowest BCUT2D eigenvalue weighted by molar-refractivity contribution is 0.616. The molecule has 4 aromatic rings. The summed E-state index contributed by atoms with van der Waals surface area (Å²) in [7, 11) is 1.70. The molecular formula is C26H24FN5O. The van der Waals surface area contributed by atoms with Crippen LogP contribution in [0.25, 0.3) is 22.4 Å². The van der Waals surface area contributed by atoms with Gasteiger partial charge in [-0.05, 0) is 17.7 Å². The summed E-state index contributed by atoms with van der Waals surface area (Å²) in [5.41, 5.74) is 3.96. The second-order valence-electron chi connectivity index (χ2n) is 8.05. The fraction of sp³-hybridized carbons (Fsp3) is 0.192. The molecule has 0 bridgehead atoms. The van der Waals surface area contributed by atoms with Crippen molar-refractivity contribution in [3.05, 3.63) is 95.3 Å². The van der Waals surface area contributed by atoms with Crippen LogP contribution in [-0.2, 0) is 7.05 Å². The molecule has 0 saturated carbocycles. The highest BCUT2D eigenvalue weighted by Gasteiger charge is 2.23. The maximum atomic E-state index is 14.3. The molecule has 0 N–H and O–H groups in total. The lowest BCUT2D eigenvalue weighted by atomic mass is 10.0. The highest BCUT2D eigenvalue weighted by molar-refractivity contribution is 5.78. The van der Waals surface area contributed by atoms with E-state index in [1.165, 1.54) is 33.6 Å². The normalized spacial score (nSPS) is 13.9. The zero-order valence-electron chi connectivity index (χ0n) is 18.4. The van der Waals surface area contributed by atoms with Gasteiger partial charge in [0.25, 0.3) is 5.56 Å². The Labute approximate surface area is 191 Å². The molecule has 0 atom stereocenters. The van der Waals surface area contributed by atoms with Crippen molar-refractivity contribution < 1.29 is 4.39 Å². The minimum atomic E-state index is -0.494. The summed E-state index contributed by atoms with van der Waals surface area (Å²) in [5.74, 6) is 0.0521. The molecule has 2 aromatic carbocycles. The summed E-state index contributed by atoms with van der Waals surface area (Å²) in [4.78, 5) is 25.5. The maximum absolute atomic E-state index is 14.3. The van der Waals surface area contributed by atoms with Crippen LogP contribution in [0, 0.1) is 5.82 Å². The Bertz CT molecular complexity index is 1330. The molecule has 0 unspecified atom stereocenters. The average Bonchev–Trinajstić information content (AvgIpc) is 2.87. The Hall–Kier alpha value is -4.00. The SMILES string of the molecule is Cn1c(N2CCN(c3ccccc3-c3ccccc3)CC2)nc(-c2ccncc2F)cc1=O. The van der Waals surface area contributed by atoms with E-state index in [-0.39, 0.29) is 11.1 Å². The predicted octanol–water partition coefficient (Wildman–Crippen LogP) is 3.98. The molecule has 1 saturated heterocycles. The van der Waals surface area contributed by atoms with Crippen LogP contribution in [0.15, 0.2) is 83.9 Å². The lowest BCUT2D eigenvalue weighted by Crippen LogP contribution is -2.48. The van der Waals surface area contributed by atoms with E-state index in [0.29, 0.717) is 24.7 Å². The van der Waals surface area contributed by atoms with Gasteiger partial charge in [0, 0.05) is 62.3 Å². The minimum Gasteiger partial charge on any atom is -0.367 e. The van der Waals surface area contributed by atoms with E-state index in [0.717, 1.165) is 19.3 Å². The van der Waals surface area contributed by atoms with Gasteiger partial charge in [0.2, 0.25) is 5.95 Å². The summed E-state index contributed by atoms with van der Waals surface area (Å²) < 4.78 is 15.8. The smallest absolute Gasteiger partial charge is 0.255 e. The summed E-state index contributed by atoms with van der Waals surface area (Å²) in [6, 6.07) is 21.7. The van der Waals surface area contributed by atoms with Gasteiger partial charge < -0.3 is 9.80 Å². The third kappa shape index (κ3) is 4.09. The van der Waals surface area contributed by atoms with Crippen LogP contribution in [0.1, 0.15) is 0 Å². The van der Waals surface area contributed by atoms with E-state index >= 15 is 0 Å². The minimum absolute atomic E-state index is 0.219. The second kappa shape index (κ2) is 8.86. The number of nitrogens with zero attached hydrogens (tertiary/aromatic N) is 5. The number of para-hydroxylation sites is 1. The summed E-state index contributed by atoms with van der Waals surface area (Å²) in [6.07, 6.45) is 2.64. The van der Waals surface area contributed by atoms with Crippen molar-refractivity contribution >= 4 is 11.6 Å². The summed E-state index contributed by atoms with van der Waals surface area (Å²) >= 11 is 0. The molecule has 0 spiro atoms. The first-order valence-electron chi connectivity index (χ1n) is 10.9. The molecule has 0 amide bonds.